The summed E-state index contributed by atoms with van der Waals surface area (Å²) in [5, 5.41) is 14.9. The second-order valence-electron chi connectivity index (χ2n) is 4.03. The zero-order valence-electron chi connectivity index (χ0n) is 11.7. The first-order valence-electron chi connectivity index (χ1n) is 6.41. The normalized spacial score (nSPS) is 11.0. The van der Waals surface area contributed by atoms with Crippen molar-refractivity contribution in [2.75, 3.05) is 26.8 Å². The molecule has 0 aliphatic carbocycles. The molecule has 0 aromatic heterocycles. The number of aliphatic imine (C=N–C) groups is 1. The lowest BCUT2D eigenvalue weighted by Crippen LogP contribution is -2.38. The zero-order valence-corrected chi connectivity index (χ0v) is 11.7. The first kappa shape index (κ1) is 15.9. The summed E-state index contributed by atoms with van der Waals surface area (Å²) < 4.78 is 18.6. The van der Waals surface area contributed by atoms with Crippen LogP contribution in [0.1, 0.15) is 18.1 Å². The van der Waals surface area contributed by atoms with Crippen molar-refractivity contribution in [3.63, 3.8) is 0 Å². The number of halogens is 1. The van der Waals surface area contributed by atoms with Crippen LogP contribution in [0.2, 0.25) is 0 Å². The Kier molecular flexibility index (Phi) is 7.07. The van der Waals surface area contributed by atoms with Crippen LogP contribution in [0.5, 0.6) is 0 Å². The number of rotatable bonds is 6. The Bertz CT molecular complexity index is 496. The van der Waals surface area contributed by atoms with Crippen LogP contribution in [-0.2, 0) is 11.3 Å². The molecule has 0 saturated heterocycles. The van der Waals surface area contributed by atoms with Gasteiger partial charge >= 0.3 is 0 Å². The van der Waals surface area contributed by atoms with Crippen molar-refractivity contribution in [1.29, 1.82) is 5.26 Å². The smallest absolute Gasteiger partial charge is 0.191 e. The summed E-state index contributed by atoms with van der Waals surface area (Å²) in [4.78, 5) is 4.28. The molecule has 108 valence electrons. The largest absolute Gasteiger partial charge is 0.383 e. The average Bonchev–Trinajstić information content (AvgIpc) is 2.46. The summed E-state index contributed by atoms with van der Waals surface area (Å²) >= 11 is 0. The van der Waals surface area contributed by atoms with E-state index in [1.54, 1.807) is 7.11 Å². The molecule has 0 aliphatic heterocycles. The monoisotopic (exact) mass is 278 g/mol. The number of hydrogen-bond acceptors (Lipinski definition) is 3. The molecule has 6 heteroatoms. The van der Waals surface area contributed by atoms with E-state index in [2.05, 4.69) is 15.6 Å². The van der Waals surface area contributed by atoms with Gasteiger partial charge in [0.1, 0.15) is 5.82 Å². The molecule has 1 aromatic rings. The van der Waals surface area contributed by atoms with E-state index >= 15 is 0 Å². The molecule has 0 unspecified atom stereocenters. The summed E-state index contributed by atoms with van der Waals surface area (Å²) in [7, 11) is 1.62. The van der Waals surface area contributed by atoms with Crippen LogP contribution in [0, 0.1) is 17.1 Å². The molecule has 20 heavy (non-hydrogen) atoms. The van der Waals surface area contributed by atoms with Gasteiger partial charge in [0.05, 0.1) is 24.8 Å². The van der Waals surface area contributed by atoms with Crippen molar-refractivity contribution < 1.29 is 9.13 Å². The SMILES string of the molecule is CCNC(=NCc1cc(C#N)ccc1F)NCCOC. The maximum absolute atomic E-state index is 13.6. The van der Waals surface area contributed by atoms with Crippen molar-refractivity contribution in [2.45, 2.75) is 13.5 Å². The average molecular weight is 278 g/mol. The number of methoxy groups -OCH3 is 1. The zero-order chi connectivity index (χ0) is 14.8. The number of ether oxygens (including phenoxy) is 1. The first-order valence-corrected chi connectivity index (χ1v) is 6.41. The minimum Gasteiger partial charge on any atom is -0.383 e. The van der Waals surface area contributed by atoms with Crippen molar-refractivity contribution in [3.05, 3.63) is 35.1 Å². The highest BCUT2D eigenvalue weighted by Gasteiger charge is 2.04. The third-order valence-electron chi connectivity index (χ3n) is 2.53. The Morgan fingerprint density at radius 1 is 1.45 bits per heavy atom. The van der Waals surface area contributed by atoms with E-state index in [0.717, 1.165) is 0 Å². The van der Waals surface area contributed by atoms with Crippen LogP contribution in [-0.4, -0.2) is 32.8 Å². The predicted octanol–water partition coefficient (Wildman–Crippen LogP) is 1.40. The summed E-state index contributed by atoms with van der Waals surface area (Å²) in [5.41, 5.74) is 0.821. The molecule has 0 atom stereocenters. The van der Waals surface area contributed by atoms with Gasteiger partial charge in [-0.1, -0.05) is 0 Å². The topological polar surface area (TPSA) is 69.4 Å². The third kappa shape index (κ3) is 5.24. The number of nitrogens with zero attached hydrogens (tertiary/aromatic N) is 2. The lowest BCUT2D eigenvalue weighted by molar-refractivity contribution is 0.203. The van der Waals surface area contributed by atoms with Crippen LogP contribution in [0.25, 0.3) is 0 Å². The Morgan fingerprint density at radius 3 is 2.90 bits per heavy atom. The van der Waals surface area contributed by atoms with Gasteiger partial charge in [-0.15, -0.1) is 0 Å². The minimum atomic E-state index is -0.361. The van der Waals surface area contributed by atoms with Crippen molar-refractivity contribution in [1.82, 2.24) is 10.6 Å². The molecular weight excluding hydrogens is 259 g/mol. The van der Waals surface area contributed by atoms with Crippen LogP contribution in [0.3, 0.4) is 0 Å². The number of nitriles is 1. The Morgan fingerprint density at radius 2 is 2.25 bits per heavy atom. The molecule has 1 aromatic carbocycles. The highest BCUT2D eigenvalue weighted by atomic mass is 19.1. The van der Waals surface area contributed by atoms with Gasteiger partial charge in [0.25, 0.3) is 0 Å². The van der Waals surface area contributed by atoms with Crippen LogP contribution < -0.4 is 10.6 Å². The molecule has 0 fully saturated rings. The maximum Gasteiger partial charge on any atom is 0.191 e. The lowest BCUT2D eigenvalue weighted by Gasteiger charge is -2.11. The summed E-state index contributed by atoms with van der Waals surface area (Å²) in [6.07, 6.45) is 0. The van der Waals surface area contributed by atoms with Gasteiger partial charge in [0.15, 0.2) is 5.96 Å². The fourth-order valence-electron chi connectivity index (χ4n) is 1.54. The number of benzene rings is 1. The van der Waals surface area contributed by atoms with Gasteiger partial charge in [-0.05, 0) is 25.1 Å². The van der Waals surface area contributed by atoms with E-state index in [-0.39, 0.29) is 12.4 Å². The highest BCUT2D eigenvalue weighted by molar-refractivity contribution is 5.79. The van der Waals surface area contributed by atoms with E-state index in [1.807, 2.05) is 13.0 Å². The Balaban J connectivity index is 2.73. The maximum atomic E-state index is 13.6. The number of nitrogens with one attached hydrogen (secondary N) is 2. The second kappa shape index (κ2) is 8.88. The Hall–Kier alpha value is -2.13. The van der Waals surface area contributed by atoms with Gasteiger partial charge < -0.3 is 15.4 Å². The van der Waals surface area contributed by atoms with Crippen LogP contribution >= 0.6 is 0 Å². The molecule has 0 radical (unpaired) electrons. The summed E-state index contributed by atoms with van der Waals surface area (Å²) in [6.45, 7) is 4.00. The molecule has 0 aliphatic rings. The summed E-state index contributed by atoms with van der Waals surface area (Å²) in [5.74, 6) is 0.229. The quantitative estimate of drug-likeness (QED) is 0.469. The van der Waals surface area contributed by atoms with Crippen molar-refractivity contribution >= 4 is 5.96 Å². The van der Waals surface area contributed by atoms with Gasteiger partial charge in [-0.3, -0.25) is 0 Å². The second-order valence-corrected chi connectivity index (χ2v) is 4.03. The molecule has 5 nitrogen and oxygen atoms in total. The fraction of sp³-hybridized carbons (Fsp3) is 0.429. The van der Waals surface area contributed by atoms with Gasteiger partial charge in [0.2, 0.25) is 0 Å². The van der Waals surface area contributed by atoms with Gasteiger partial charge in [0, 0.05) is 25.8 Å². The van der Waals surface area contributed by atoms with Gasteiger partial charge in [-0.2, -0.15) is 5.26 Å². The van der Waals surface area contributed by atoms with E-state index in [9.17, 15) is 4.39 Å². The highest BCUT2D eigenvalue weighted by Crippen LogP contribution is 2.11. The number of guanidine groups is 1. The predicted molar refractivity (Wildman–Crippen MR) is 75.8 cm³/mol. The van der Waals surface area contributed by atoms with E-state index in [4.69, 9.17) is 10.00 Å². The molecular formula is C14H19FN4O. The molecule has 0 amide bonds. The minimum absolute atomic E-state index is 0.170. The molecule has 2 N–H and O–H groups in total. The molecule has 0 spiro atoms. The number of hydrogen-bond donors (Lipinski definition) is 2. The molecule has 0 bridgehead atoms. The third-order valence-corrected chi connectivity index (χ3v) is 2.53. The first-order chi connectivity index (χ1) is 9.71. The lowest BCUT2D eigenvalue weighted by atomic mass is 10.1. The van der Waals surface area contributed by atoms with Crippen molar-refractivity contribution in [3.8, 4) is 6.07 Å². The molecule has 1 rings (SSSR count). The van der Waals surface area contributed by atoms with E-state index < -0.39 is 0 Å². The fourth-order valence-corrected chi connectivity index (χ4v) is 1.54. The summed E-state index contributed by atoms with van der Waals surface area (Å²) in [6, 6.07) is 6.23. The standard InChI is InChI=1S/C14H19FN4O/c1-3-17-14(18-6-7-20-2)19-10-12-8-11(9-16)4-5-13(12)15/h4-5,8H,3,6-7,10H2,1-2H3,(H2,17,18,19). The van der Waals surface area contributed by atoms with Crippen LogP contribution in [0.4, 0.5) is 4.39 Å². The van der Waals surface area contributed by atoms with Crippen molar-refractivity contribution in [2.24, 2.45) is 4.99 Å². The Labute approximate surface area is 118 Å². The van der Waals surface area contributed by atoms with E-state index in [0.29, 0.717) is 36.8 Å². The van der Waals surface area contributed by atoms with Gasteiger partial charge in [-0.25, -0.2) is 9.38 Å². The molecule has 0 saturated carbocycles. The molecule has 0 heterocycles. The van der Waals surface area contributed by atoms with Crippen LogP contribution in [0.15, 0.2) is 23.2 Å². The van der Waals surface area contributed by atoms with E-state index in [1.165, 1.54) is 18.2 Å².